The van der Waals surface area contributed by atoms with E-state index in [0.717, 1.165) is 10.1 Å². The van der Waals surface area contributed by atoms with Crippen molar-refractivity contribution in [2.24, 2.45) is 5.10 Å². The van der Waals surface area contributed by atoms with Gasteiger partial charge in [-0.1, -0.05) is 36.4 Å². The van der Waals surface area contributed by atoms with Crippen LogP contribution in [0.5, 0.6) is 17.4 Å². The highest BCUT2D eigenvalue weighted by Crippen LogP contribution is 2.37. The Bertz CT molecular complexity index is 1380. The minimum absolute atomic E-state index is 0.0537. The van der Waals surface area contributed by atoms with E-state index in [9.17, 15) is 19.5 Å². The molecule has 0 fully saturated rings. The third kappa shape index (κ3) is 4.17. The van der Waals surface area contributed by atoms with E-state index in [1.807, 2.05) is 18.2 Å². The lowest BCUT2D eigenvalue weighted by Crippen LogP contribution is -2.34. The molecule has 1 atom stereocenters. The number of rotatable bonds is 6. The van der Waals surface area contributed by atoms with E-state index >= 15 is 0 Å². The molecule has 10 nitrogen and oxygen atoms in total. The summed E-state index contributed by atoms with van der Waals surface area (Å²) in [6.45, 7) is 1.42. The maximum absolute atomic E-state index is 12.7. The Kier molecular flexibility index (Phi) is 6.22. The molecule has 2 N–H and O–H groups in total. The minimum atomic E-state index is -0.776. The Morgan fingerprint density at radius 1 is 1.12 bits per heavy atom. The number of aromatic nitrogens is 2. The number of methoxy groups -OCH3 is 2. The second kappa shape index (κ2) is 9.26. The highest BCUT2D eigenvalue weighted by molar-refractivity contribution is 6.04. The molecule has 10 heteroatoms. The topological polar surface area (TPSA) is 126 Å². The van der Waals surface area contributed by atoms with Gasteiger partial charge in [0.1, 0.15) is 5.56 Å². The van der Waals surface area contributed by atoms with Crippen LogP contribution in [0.3, 0.4) is 0 Å². The molecular weight excluding hydrogens is 440 g/mol. The van der Waals surface area contributed by atoms with E-state index in [1.165, 1.54) is 26.2 Å². The van der Waals surface area contributed by atoms with Gasteiger partial charge in [0.15, 0.2) is 11.5 Å². The first-order valence-corrected chi connectivity index (χ1v) is 10.5. The maximum atomic E-state index is 12.7. The monoisotopic (exact) mass is 464 g/mol. The summed E-state index contributed by atoms with van der Waals surface area (Å²) in [6.07, 6.45) is 0.148. The molecule has 2 heterocycles. The summed E-state index contributed by atoms with van der Waals surface area (Å²) in [5.74, 6) is 0.159. The highest BCUT2D eigenvalue weighted by atomic mass is 16.5. The Labute approximate surface area is 194 Å². The third-order valence-electron chi connectivity index (χ3n) is 5.67. The zero-order valence-electron chi connectivity index (χ0n) is 18.9. The predicted octanol–water partition coefficient (Wildman–Crippen LogP) is 2.01. The summed E-state index contributed by atoms with van der Waals surface area (Å²) in [6, 6.07) is 13.7. The van der Waals surface area contributed by atoms with Gasteiger partial charge in [0, 0.05) is 13.3 Å². The number of H-pyrrole nitrogens is 1. The maximum Gasteiger partial charge on any atom is 0.331 e. The van der Waals surface area contributed by atoms with Crippen LogP contribution in [0.15, 0.2) is 63.2 Å². The molecule has 1 amide bonds. The highest BCUT2D eigenvalue weighted by Gasteiger charge is 2.35. The molecule has 0 aliphatic carbocycles. The summed E-state index contributed by atoms with van der Waals surface area (Å²) in [7, 11) is 3.03. The van der Waals surface area contributed by atoms with Gasteiger partial charge < -0.3 is 14.6 Å². The van der Waals surface area contributed by atoms with Crippen molar-refractivity contribution >= 4 is 11.6 Å². The first-order chi connectivity index (χ1) is 16.3. The average molecular weight is 464 g/mol. The summed E-state index contributed by atoms with van der Waals surface area (Å²) in [5, 5.41) is 16.5. The number of nitrogens with zero attached hydrogens (tertiary/aromatic N) is 3. The predicted molar refractivity (Wildman–Crippen MR) is 124 cm³/mol. The largest absolute Gasteiger partial charge is 0.494 e. The summed E-state index contributed by atoms with van der Waals surface area (Å²) in [4.78, 5) is 39.8. The number of hydrogen-bond donors (Lipinski definition) is 2. The number of hydrogen-bond acceptors (Lipinski definition) is 7. The fourth-order valence-corrected chi connectivity index (χ4v) is 4.00. The standard InChI is InChI=1S/C24H24N4O6/c1-14(29)28-18(16-9-10-19(33-2)20(11-16)34-3)12-17(26-28)21-22(30)25-24(32)27(23(21)31)13-15-7-5-4-6-8-15/h4-11,18,31H,12-13H2,1-3H3,(H,25,30,32)/t18-/m0/s1. The molecule has 0 radical (unpaired) electrons. The van der Waals surface area contributed by atoms with Crippen LogP contribution in [0.2, 0.25) is 0 Å². The van der Waals surface area contributed by atoms with Crippen molar-refractivity contribution in [3.63, 3.8) is 0 Å². The third-order valence-corrected chi connectivity index (χ3v) is 5.67. The summed E-state index contributed by atoms with van der Waals surface area (Å²) in [5.41, 5.74) is -0.00385. The van der Waals surface area contributed by atoms with E-state index in [2.05, 4.69) is 10.1 Å². The molecule has 1 aliphatic rings. The van der Waals surface area contributed by atoms with Crippen LogP contribution in [0.1, 0.15) is 36.1 Å². The number of amides is 1. The SMILES string of the molecule is COc1ccc([C@@H]2CC(c3c(O)n(Cc4ccccc4)c(=O)[nH]c3=O)=NN2C(C)=O)cc1OC. The molecular formula is C24H24N4O6. The van der Waals surface area contributed by atoms with Crippen molar-refractivity contribution in [1.82, 2.24) is 14.6 Å². The Balaban J connectivity index is 1.76. The number of benzene rings is 2. The zero-order valence-corrected chi connectivity index (χ0v) is 18.9. The first kappa shape index (κ1) is 22.8. The van der Waals surface area contributed by atoms with Crippen LogP contribution in [0.4, 0.5) is 0 Å². The van der Waals surface area contributed by atoms with Crippen molar-refractivity contribution in [3.8, 4) is 17.4 Å². The van der Waals surface area contributed by atoms with Crippen molar-refractivity contribution in [3.05, 3.63) is 86.1 Å². The second-order valence-electron chi connectivity index (χ2n) is 7.77. The average Bonchev–Trinajstić information content (AvgIpc) is 3.27. The normalized spacial score (nSPS) is 15.2. The van der Waals surface area contributed by atoms with Gasteiger partial charge in [-0.3, -0.25) is 19.1 Å². The van der Waals surface area contributed by atoms with Crippen molar-refractivity contribution in [1.29, 1.82) is 0 Å². The zero-order chi connectivity index (χ0) is 24.4. The number of aromatic amines is 1. The molecule has 1 aromatic heterocycles. The summed E-state index contributed by atoms with van der Waals surface area (Å²) < 4.78 is 11.7. The molecule has 0 spiro atoms. The lowest BCUT2D eigenvalue weighted by Gasteiger charge is -2.21. The quantitative estimate of drug-likeness (QED) is 0.575. The summed E-state index contributed by atoms with van der Waals surface area (Å²) >= 11 is 0. The van der Waals surface area contributed by atoms with E-state index in [-0.39, 0.29) is 30.1 Å². The smallest absolute Gasteiger partial charge is 0.331 e. The van der Waals surface area contributed by atoms with Gasteiger partial charge in [-0.05, 0) is 23.3 Å². The van der Waals surface area contributed by atoms with E-state index < -0.39 is 23.2 Å². The molecule has 0 saturated heterocycles. The second-order valence-corrected chi connectivity index (χ2v) is 7.77. The molecule has 2 aromatic carbocycles. The number of nitrogens with one attached hydrogen (secondary N) is 1. The molecule has 0 bridgehead atoms. The van der Waals surface area contributed by atoms with Gasteiger partial charge >= 0.3 is 5.69 Å². The molecule has 0 saturated carbocycles. The Morgan fingerprint density at radius 2 is 1.82 bits per heavy atom. The molecule has 3 aromatic rings. The van der Waals surface area contributed by atoms with Crippen LogP contribution in [0.25, 0.3) is 0 Å². The van der Waals surface area contributed by atoms with Crippen LogP contribution < -0.4 is 20.7 Å². The van der Waals surface area contributed by atoms with Crippen molar-refractivity contribution in [2.45, 2.75) is 25.9 Å². The van der Waals surface area contributed by atoms with Gasteiger partial charge in [0.25, 0.3) is 5.56 Å². The van der Waals surface area contributed by atoms with Crippen LogP contribution in [-0.4, -0.2) is 45.5 Å². The van der Waals surface area contributed by atoms with Crippen LogP contribution >= 0.6 is 0 Å². The number of aromatic hydroxyl groups is 1. The van der Waals surface area contributed by atoms with Gasteiger partial charge in [0.2, 0.25) is 11.8 Å². The van der Waals surface area contributed by atoms with Gasteiger partial charge in [-0.2, -0.15) is 5.10 Å². The van der Waals surface area contributed by atoms with Crippen molar-refractivity contribution in [2.75, 3.05) is 14.2 Å². The molecule has 176 valence electrons. The molecule has 1 aliphatic heterocycles. The van der Waals surface area contributed by atoms with Gasteiger partial charge in [0.05, 0.1) is 32.5 Å². The fourth-order valence-electron chi connectivity index (χ4n) is 4.00. The lowest BCUT2D eigenvalue weighted by atomic mass is 9.98. The van der Waals surface area contributed by atoms with E-state index in [0.29, 0.717) is 17.1 Å². The number of carbonyl (C=O) groups is 1. The lowest BCUT2D eigenvalue weighted by molar-refractivity contribution is -0.130. The molecule has 4 rings (SSSR count). The number of carbonyl (C=O) groups excluding carboxylic acids is 1. The molecule has 0 unspecified atom stereocenters. The minimum Gasteiger partial charge on any atom is -0.494 e. The number of ether oxygens (including phenoxy) is 2. The van der Waals surface area contributed by atoms with E-state index in [1.54, 1.807) is 30.3 Å². The van der Waals surface area contributed by atoms with Gasteiger partial charge in [-0.15, -0.1) is 0 Å². The van der Waals surface area contributed by atoms with Gasteiger partial charge in [-0.25, -0.2) is 9.80 Å². The Hall–Kier alpha value is -4.34. The van der Waals surface area contributed by atoms with Crippen molar-refractivity contribution < 1.29 is 19.4 Å². The first-order valence-electron chi connectivity index (χ1n) is 10.5. The molecule has 34 heavy (non-hydrogen) atoms. The Morgan fingerprint density at radius 3 is 2.47 bits per heavy atom. The fraction of sp³-hybridized carbons (Fsp3) is 0.250. The van der Waals surface area contributed by atoms with E-state index in [4.69, 9.17) is 9.47 Å². The van der Waals surface area contributed by atoms with Crippen LogP contribution in [-0.2, 0) is 11.3 Å². The number of hydrazone groups is 1. The van der Waals surface area contributed by atoms with Crippen LogP contribution in [0, 0.1) is 0 Å².